The third kappa shape index (κ3) is 4.99. The van der Waals surface area contributed by atoms with E-state index in [9.17, 15) is 9.59 Å². The van der Waals surface area contributed by atoms with Crippen molar-refractivity contribution in [2.75, 3.05) is 13.2 Å². The normalized spacial score (nSPS) is 11.5. The SMILES string of the molecule is CCOC(=O)c1cc2sc(CCNC(=O)OC(C)(C)C)cc2[nH]1. The Morgan fingerprint density at radius 1 is 1.30 bits per heavy atom. The van der Waals surface area contributed by atoms with E-state index in [0.29, 0.717) is 25.3 Å². The number of H-pyrrole nitrogens is 1. The predicted molar refractivity (Wildman–Crippen MR) is 90.1 cm³/mol. The topological polar surface area (TPSA) is 80.4 Å². The molecule has 0 saturated carbocycles. The number of nitrogens with one attached hydrogen (secondary N) is 2. The number of fused-ring (bicyclic) bond motifs is 1. The third-order valence-corrected chi connectivity index (χ3v) is 4.03. The van der Waals surface area contributed by atoms with Gasteiger partial charge in [0.1, 0.15) is 11.3 Å². The summed E-state index contributed by atoms with van der Waals surface area (Å²) in [5.74, 6) is -0.343. The first-order chi connectivity index (χ1) is 10.8. The summed E-state index contributed by atoms with van der Waals surface area (Å²) < 4.78 is 11.1. The van der Waals surface area contributed by atoms with E-state index in [4.69, 9.17) is 9.47 Å². The number of alkyl carbamates (subject to hydrolysis) is 1. The second-order valence-corrected chi connectivity index (χ2v) is 7.24. The van der Waals surface area contributed by atoms with Crippen molar-refractivity contribution >= 4 is 33.6 Å². The summed E-state index contributed by atoms with van der Waals surface area (Å²) in [5.41, 5.74) is 0.878. The van der Waals surface area contributed by atoms with Gasteiger partial charge in [0.15, 0.2) is 0 Å². The highest BCUT2D eigenvalue weighted by atomic mass is 32.1. The lowest BCUT2D eigenvalue weighted by Gasteiger charge is -2.19. The number of hydrogen-bond acceptors (Lipinski definition) is 5. The fourth-order valence-electron chi connectivity index (χ4n) is 2.02. The van der Waals surface area contributed by atoms with Gasteiger partial charge in [0.25, 0.3) is 0 Å². The molecule has 0 aliphatic heterocycles. The molecule has 2 heterocycles. The van der Waals surface area contributed by atoms with E-state index in [0.717, 1.165) is 15.1 Å². The quantitative estimate of drug-likeness (QED) is 0.818. The maximum absolute atomic E-state index is 11.6. The van der Waals surface area contributed by atoms with Gasteiger partial charge in [0.05, 0.1) is 16.8 Å². The van der Waals surface area contributed by atoms with Crippen LogP contribution in [-0.2, 0) is 15.9 Å². The molecule has 0 spiro atoms. The van der Waals surface area contributed by atoms with Gasteiger partial charge >= 0.3 is 12.1 Å². The van der Waals surface area contributed by atoms with Gasteiger partial charge in [0, 0.05) is 11.4 Å². The van der Waals surface area contributed by atoms with Crippen LogP contribution in [0.4, 0.5) is 4.79 Å². The van der Waals surface area contributed by atoms with Gasteiger partial charge in [-0.25, -0.2) is 9.59 Å². The summed E-state index contributed by atoms with van der Waals surface area (Å²) >= 11 is 1.59. The predicted octanol–water partition coefficient (Wildman–Crippen LogP) is 3.47. The molecule has 2 rings (SSSR count). The molecule has 0 radical (unpaired) electrons. The molecular formula is C16H22N2O4S. The van der Waals surface area contributed by atoms with Crippen LogP contribution >= 0.6 is 11.3 Å². The molecule has 0 atom stereocenters. The number of hydrogen-bond donors (Lipinski definition) is 2. The van der Waals surface area contributed by atoms with Crippen molar-refractivity contribution in [2.45, 2.75) is 39.7 Å². The number of thiophene rings is 1. The van der Waals surface area contributed by atoms with Gasteiger partial charge in [-0.15, -0.1) is 11.3 Å². The molecule has 6 nitrogen and oxygen atoms in total. The van der Waals surface area contributed by atoms with Gasteiger partial charge in [-0.2, -0.15) is 0 Å². The molecule has 0 saturated heterocycles. The minimum Gasteiger partial charge on any atom is -0.461 e. The van der Waals surface area contributed by atoms with Crippen LogP contribution < -0.4 is 5.32 Å². The molecule has 2 N–H and O–H groups in total. The molecule has 7 heteroatoms. The Labute approximate surface area is 139 Å². The highest BCUT2D eigenvalue weighted by molar-refractivity contribution is 7.19. The van der Waals surface area contributed by atoms with Crippen molar-refractivity contribution in [1.82, 2.24) is 10.3 Å². The Hall–Kier alpha value is -2.02. The molecule has 1 amide bonds. The monoisotopic (exact) mass is 338 g/mol. The molecule has 0 aliphatic rings. The molecule has 126 valence electrons. The van der Waals surface area contributed by atoms with Crippen LogP contribution in [0.3, 0.4) is 0 Å². The van der Waals surface area contributed by atoms with Crippen molar-refractivity contribution in [3.8, 4) is 0 Å². The largest absolute Gasteiger partial charge is 0.461 e. The van der Waals surface area contributed by atoms with Crippen LogP contribution in [0.5, 0.6) is 0 Å². The summed E-state index contributed by atoms with van der Waals surface area (Å²) in [6.07, 6.45) is 0.297. The average molecular weight is 338 g/mol. The van der Waals surface area contributed by atoms with Gasteiger partial charge in [0.2, 0.25) is 0 Å². The van der Waals surface area contributed by atoms with Crippen LogP contribution in [-0.4, -0.2) is 35.8 Å². The van der Waals surface area contributed by atoms with E-state index in [1.54, 1.807) is 24.3 Å². The van der Waals surface area contributed by atoms with E-state index < -0.39 is 11.7 Å². The van der Waals surface area contributed by atoms with E-state index in [1.807, 2.05) is 26.8 Å². The average Bonchev–Trinajstić information content (AvgIpc) is 2.94. The van der Waals surface area contributed by atoms with Crippen molar-refractivity contribution in [1.29, 1.82) is 0 Å². The number of aromatic amines is 1. The second kappa shape index (κ2) is 7.04. The summed E-state index contributed by atoms with van der Waals surface area (Å²) in [4.78, 5) is 27.4. The van der Waals surface area contributed by atoms with E-state index in [2.05, 4.69) is 10.3 Å². The Bertz CT molecular complexity index is 665. The number of amides is 1. The number of carbonyl (C=O) groups is 2. The molecule has 0 fully saturated rings. The Kier molecular flexibility index (Phi) is 5.30. The maximum atomic E-state index is 11.6. The molecular weight excluding hydrogens is 316 g/mol. The molecule has 0 unspecified atom stereocenters. The number of carbonyl (C=O) groups excluding carboxylic acids is 2. The van der Waals surface area contributed by atoms with Gasteiger partial charge in [-0.05, 0) is 46.2 Å². The zero-order valence-electron chi connectivity index (χ0n) is 13.8. The highest BCUT2D eigenvalue weighted by Crippen LogP contribution is 2.26. The lowest BCUT2D eigenvalue weighted by molar-refractivity contribution is 0.0513. The minimum atomic E-state index is -0.494. The Balaban J connectivity index is 1.88. The van der Waals surface area contributed by atoms with Crippen molar-refractivity contribution < 1.29 is 19.1 Å². The van der Waals surface area contributed by atoms with Gasteiger partial charge in [-0.1, -0.05) is 0 Å². The molecule has 23 heavy (non-hydrogen) atoms. The van der Waals surface area contributed by atoms with E-state index in [-0.39, 0.29) is 5.97 Å². The summed E-state index contributed by atoms with van der Waals surface area (Å²) in [5, 5.41) is 2.73. The summed E-state index contributed by atoms with van der Waals surface area (Å²) in [6.45, 7) is 8.12. The second-order valence-electron chi connectivity index (χ2n) is 6.07. The molecule has 2 aromatic heterocycles. The van der Waals surface area contributed by atoms with Gasteiger partial charge in [-0.3, -0.25) is 0 Å². The van der Waals surface area contributed by atoms with Crippen molar-refractivity contribution in [3.05, 3.63) is 22.7 Å². The summed E-state index contributed by atoms with van der Waals surface area (Å²) in [6, 6.07) is 3.78. The van der Waals surface area contributed by atoms with Crippen LogP contribution in [0.1, 0.15) is 43.1 Å². The lowest BCUT2D eigenvalue weighted by Crippen LogP contribution is -2.33. The van der Waals surface area contributed by atoms with Crippen molar-refractivity contribution in [3.63, 3.8) is 0 Å². The first-order valence-electron chi connectivity index (χ1n) is 7.54. The highest BCUT2D eigenvalue weighted by Gasteiger charge is 2.16. The third-order valence-electron chi connectivity index (χ3n) is 2.89. The first kappa shape index (κ1) is 17.3. The van der Waals surface area contributed by atoms with Crippen LogP contribution in [0.25, 0.3) is 10.2 Å². The summed E-state index contributed by atoms with van der Waals surface area (Å²) in [7, 11) is 0. The fraction of sp³-hybridized carbons (Fsp3) is 0.500. The standard InChI is InChI=1S/C16H22N2O4S/c1-5-21-14(19)12-9-13-11(18-12)8-10(23-13)6-7-17-15(20)22-16(2,3)4/h8-9,18H,5-7H2,1-4H3,(H,17,20). The Morgan fingerprint density at radius 2 is 2.04 bits per heavy atom. The number of ether oxygens (including phenoxy) is 2. The molecule has 0 bridgehead atoms. The number of aromatic nitrogens is 1. The minimum absolute atomic E-state index is 0.343. The zero-order chi connectivity index (χ0) is 17.0. The van der Waals surface area contributed by atoms with Crippen LogP contribution in [0.15, 0.2) is 12.1 Å². The van der Waals surface area contributed by atoms with Gasteiger partial charge < -0.3 is 19.8 Å². The lowest BCUT2D eigenvalue weighted by atomic mass is 10.2. The number of rotatable bonds is 5. The molecule has 0 aliphatic carbocycles. The van der Waals surface area contributed by atoms with E-state index in [1.165, 1.54) is 0 Å². The van der Waals surface area contributed by atoms with Crippen LogP contribution in [0, 0.1) is 0 Å². The van der Waals surface area contributed by atoms with Crippen LogP contribution in [0.2, 0.25) is 0 Å². The Morgan fingerprint density at radius 3 is 2.65 bits per heavy atom. The van der Waals surface area contributed by atoms with Crippen molar-refractivity contribution in [2.24, 2.45) is 0 Å². The first-order valence-corrected chi connectivity index (χ1v) is 8.35. The fourth-order valence-corrected chi connectivity index (χ4v) is 3.08. The maximum Gasteiger partial charge on any atom is 0.407 e. The van der Waals surface area contributed by atoms with E-state index >= 15 is 0 Å². The smallest absolute Gasteiger partial charge is 0.407 e. The zero-order valence-corrected chi connectivity index (χ0v) is 14.6. The number of esters is 1. The molecule has 2 aromatic rings. The molecule has 0 aromatic carbocycles.